The number of carboxylic acids is 1. The van der Waals surface area contributed by atoms with E-state index in [-0.39, 0.29) is 6.04 Å². The summed E-state index contributed by atoms with van der Waals surface area (Å²) < 4.78 is 0. The van der Waals surface area contributed by atoms with Crippen LogP contribution in [0.4, 0.5) is 5.69 Å². The van der Waals surface area contributed by atoms with Crippen molar-refractivity contribution < 1.29 is 9.90 Å². The third-order valence-electron chi connectivity index (χ3n) is 1.94. The average molecular weight is 193 g/mol. The van der Waals surface area contributed by atoms with Gasteiger partial charge in [-0.25, -0.2) is 4.79 Å². The van der Waals surface area contributed by atoms with E-state index in [0.29, 0.717) is 5.56 Å². The smallest absolute Gasteiger partial charge is 0.337 e. The van der Waals surface area contributed by atoms with Gasteiger partial charge in [0.1, 0.15) is 0 Å². The van der Waals surface area contributed by atoms with Crippen molar-refractivity contribution in [3.05, 3.63) is 29.3 Å². The molecule has 0 unspecified atom stereocenters. The van der Waals surface area contributed by atoms with Crippen molar-refractivity contribution in [3.63, 3.8) is 0 Å². The summed E-state index contributed by atoms with van der Waals surface area (Å²) in [4.78, 5) is 10.9. The molecule has 0 spiro atoms. The molecule has 14 heavy (non-hydrogen) atoms. The molecule has 1 rings (SSSR count). The maximum Gasteiger partial charge on any atom is 0.337 e. The van der Waals surface area contributed by atoms with Gasteiger partial charge < -0.3 is 10.4 Å². The number of carboxylic acid groups (broad SMARTS) is 1. The highest BCUT2D eigenvalue weighted by Gasteiger charge is 2.11. The fourth-order valence-corrected chi connectivity index (χ4v) is 1.33. The topological polar surface area (TPSA) is 49.3 Å². The van der Waals surface area contributed by atoms with Gasteiger partial charge in [0.15, 0.2) is 0 Å². The predicted octanol–water partition coefficient (Wildman–Crippen LogP) is 2.51. The van der Waals surface area contributed by atoms with E-state index < -0.39 is 5.97 Å². The van der Waals surface area contributed by atoms with E-state index in [0.717, 1.165) is 11.3 Å². The zero-order valence-corrected chi connectivity index (χ0v) is 8.66. The molecule has 0 fully saturated rings. The summed E-state index contributed by atoms with van der Waals surface area (Å²) in [5.41, 5.74) is 2.01. The van der Waals surface area contributed by atoms with Gasteiger partial charge in [0.25, 0.3) is 0 Å². The van der Waals surface area contributed by atoms with E-state index in [2.05, 4.69) is 5.32 Å². The lowest BCUT2D eigenvalue weighted by Crippen LogP contribution is -2.14. The highest BCUT2D eigenvalue weighted by molar-refractivity contribution is 5.95. The van der Waals surface area contributed by atoms with Crippen LogP contribution in [0.25, 0.3) is 0 Å². The Morgan fingerprint density at radius 2 is 2.07 bits per heavy atom. The predicted molar refractivity (Wildman–Crippen MR) is 56.9 cm³/mol. The summed E-state index contributed by atoms with van der Waals surface area (Å²) in [7, 11) is 0. The van der Waals surface area contributed by atoms with E-state index in [1.165, 1.54) is 0 Å². The SMILES string of the molecule is Cc1cccc(C(=O)O)c1NC(C)C. The molecule has 0 bridgehead atoms. The van der Waals surface area contributed by atoms with E-state index in [1.54, 1.807) is 12.1 Å². The van der Waals surface area contributed by atoms with Gasteiger partial charge in [-0.1, -0.05) is 12.1 Å². The van der Waals surface area contributed by atoms with Gasteiger partial charge >= 0.3 is 5.97 Å². The summed E-state index contributed by atoms with van der Waals surface area (Å²) in [6.07, 6.45) is 0. The minimum atomic E-state index is -0.892. The Morgan fingerprint density at radius 1 is 1.43 bits per heavy atom. The monoisotopic (exact) mass is 193 g/mol. The Balaban J connectivity index is 3.15. The number of benzene rings is 1. The molecule has 0 saturated carbocycles. The summed E-state index contributed by atoms with van der Waals surface area (Å²) in [6.45, 7) is 5.87. The molecule has 1 aromatic rings. The Labute approximate surface area is 83.8 Å². The third-order valence-corrected chi connectivity index (χ3v) is 1.94. The highest BCUT2D eigenvalue weighted by Crippen LogP contribution is 2.21. The van der Waals surface area contributed by atoms with Gasteiger partial charge in [0.05, 0.1) is 11.3 Å². The highest BCUT2D eigenvalue weighted by atomic mass is 16.4. The number of nitrogens with one attached hydrogen (secondary N) is 1. The van der Waals surface area contributed by atoms with Gasteiger partial charge in [0.2, 0.25) is 0 Å². The van der Waals surface area contributed by atoms with Gasteiger partial charge in [-0.15, -0.1) is 0 Å². The van der Waals surface area contributed by atoms with Crippen LogP contribution < -0.4 is 5.32 Å². The molecule has 0 aliphatic carbocycles. The van der Waals surface area contributed by atoms with Crippen LogP contribution in [0.1, 0.15) is 29.8 Å². The lowest BCUT2D eigenvalue weighted by atomic mass is 10.1. The zero-order chi connectivity index (χ0) is 10.7. The standard InChI is InChI=1S/C11H15NO2/c1-7(2)12-10-8(3)5-4-6-9(10)11(13)14/h4-7,12H,1-3H3,(H,13,14). The number of carbonyl (C=O) groups is 1. The maximum absolute atomic E-state index is 10.9. The Hall–Kier alpha value is -1.51. The number of hydrogen-bond donors (Lipinski definition) is 2. The van der Waals surface area contributed by atoms with E-state index in [1.807, 2.05) is 26.8 Å². The summed E-state index contributed by atoms with van der Waals surface area (Å²) in [6, 6.07) is 5.50. The lowest BCUT2D eigenvalue weighted by molar-refractivity contribution is 0.0698. The van der Waals surface area contributed by atoms with Crippen LogP contribution in [-0.2, 0) is 0 Å². The fourth-order valence-electron chi connectivity index (χ4n) is 1.33. The zero-order valence-electron chi connectivity index (χ0n) is 8.66. The van der Waals surface area contributed by atoms with E-state index in [4.69, 9.17) is 5.11 Å². The van der Waals surface area contributed by atoms with Crippen molar-refractivity contribution in [2.45, 2.75) is 26.8 Å². The van der Waals surface area contributed by atoms with Crippen molar-refractivity contribution in [1.82, 2.24) is 0 Å². The van der Waals surface area contributed by atoms with Gasteiger partial charge in [-0.3, -0.25) is 0 Å². The average Bonchev–Trinajstić information content (AvgIpc) is 2.07. The summed E-state index contributed by atoms with van der Waals surface area (Å²) >= 11 is 0. The fraction of sp³-hybridized carbons (Fsp3) is 0.364. The molecule has 3 nitrogen and oxygen atoms in total. The molecular weight excluding hydrogens is 178 g/mol. The van der Waals surface area contributed by atoms with Crippen LogP contribution in [-0.4, -0.2) is 17.1 Å². The molecule has 0 aliphatic heterocycles. The van der Waals surface area contributed by atoms with Crippen molar-refractivity contribution in [2.75, 3.05) is 5.32 Å². The molecule has 1 aromatic carbocycles. The van der Waals surface area contributed by atoms with E-state index >= 15 is 0 Å². The van der Waals surface area contributed by atoms with Crippen LogP contribution >= 0.6 is 0 Å². The summed E-state index contributed by atoms with van der Waals surface area (Å²) in [5, 5.41) is 12.1. The number of aromatic carboxylic acids is 1. The van der Waals surface area contributed by atoms with Crippen LogP contribution in [0.3, 0.4) is 0 Å². The van der Waals surface area contributed by atoms with Crippen LogP contribution in [0.2, 0.25) is 0 Å². The maximum atomic E-state index is 10.9. The molecule has 0 heterocycles. The van der Waals surface area contributed by atoms with E-state index in [9.17, 15) is 4.79 Å². The van der Waals surface area contributed by atoms with Crippen molar-refractivity contribution in [2.24, 2.45) is 0 Å². The number of anilines is 1. The Bertz CT molecular complexity index is 345. The largest absolute Gasteiger partial charge is 0.478 e. The summed E-state index contributed by atoms with van der Waals surface area (Å²) in [5.74, 6) is -0.892. The number of para-hydroxylation sites is 1. The lowest BCUT2D eigenvalue weighted by Gasteiger charge is -2.15. The first-order chi connectivity index (χ1) is 6.52. The van der Waals surface area contributed by atoms with Crippen molar-refractivity contribution in [3.8, 4) is 0 Å². The number of rotatable bonds is 3. The first-order valence-electron chi connectivity index (χ1n) is 4.62. The van der Waals surface area contributed by atoms with Crippen LogP contribution in [0.5, 0.6) is 0 Å². The minimum absolute atomic E-state index is 0.231. The van der Waals surface area contributed by atoms with Gasteiger partial charge in [0, 0.05) is 6.04 Å². The molecule has 0 saturated heterocycles. The molecule has 76 valence electrons. The minimum Gasteiger partial charge on any atom is -0.478 e. The quantitative estimate of drug-likeness (QED) is 0.775. The second-order valence-corrected chi connectivity index (χ2v) is 3.60. The Morgan fingerprint density at radius 3 is 2.57 bits per heavy atom. The first-order valence-corrected chi connectivity index (χ1v) is 4.62. The van der Waals surface area contributed by atoms with Gasteiger partial charge in [-0.05, 0) is 32.4 Å². The molecule has 0 radical (unpaired) electrons. The normalized spacial score (nSPS) is 10.3. The second-order valence-electron chi connectivity index (χ2n) is 3.60. The molecule has 2 N–H and O–H groups in total. The van der Waals surface area contributed by atoms with Crippen LogP contribution in [0, 0.1) is 6.92 Å². The van der Waals surface area contributed by atoms with Gasteiger partial charge in [-0.2, -0.15) is 0 Å². The van der Waals surface area contributed by atoms with Crippen molar-refractivity contribution in [1.29, 1.82) is 0 Å². The molecule has 0 amide bonds. The molecule has 3 heteroatoms. The first kappa shape index (κ1) is 10.6. The molecule has 0 atom stereocenters. The van der Waals surface area contributed by atoms with Crippen LogP contribution in [0.15, 0.2) is 18.2 Å². The molecular formula is C11H15NO2. The Kier molecular flexibility index (Phi) is 3.12. The second kappa shape index (κ2) is 4.13. The number of hydrogen-bond acceptors (Lipinski definition) is 2. The van der Waals surface area contributed by atoms with Crippen molar-refractivity contribution >= 4 is 11.7 Å². The number of aryl methyl sites for hydroxylation is 1. The molecule has 0 aliphatic rings. The third kappa shape index (κ3) is 2.25. The molecule has 0 aromatic heterocycles.